The number of halogens is 1. The Balaban J connectivity index is 1.87. The van der Waals surface area contributed by atoms with Crippen molar-refractivity contribution in [3.63, 3.8) is 0 Å². The molecule has 4 aromatic rings. The SMILES string of the molecule is COc1cccc(C2c3c(oc4ccc(Br)cc4c3=O)C(=O)N2c2nccs2)c1OC. The summed E-state index contributed by atoms with van der Waals surface area (Å²) in [5.74, 6) is 0.505. The minimum Gasteiger partial charge on any atom is -0.493 e. The summed E-state index contributed by atoms with van der Waals surface area (Å²) in [4.78, 5) is 32.9. The maximum atomic E-state index is 13.6. The minimum absolute atomic E-state index is 0.00453. The van der Waals surface area contributed by atoms with Crippen LogP contribution < -0.4 is 19.8 Å². The second-order valence-corrected chi connectivity index (χ2v) is 8.58. The highest BCUT2D eigenvalue weighted by Gasteiger charge is 2.46. The number of ether oxygens (including phenoxy) is 2. The normalized spacial score (nSPS) is 15.4. The zero-order valence-electron chi connectivity index (χ0n) is 16.4. The molecule has 7 nitrogen and oxygen atoms in total. The second kappa shape index (κ2) is 7.51. The number of rotatable bonds is 4. The van der Waals surface area contributed by atoms with Crippen LogP contribution in [0.2, 0.25) is 0 Å². The summed E-state index contributed by atoms with van der Waals surface area (Å²) < 4.78 is 17.8. The molecule has 0 saturated carbocycles. The van der Waals surface area contributed by atoms with Crippen LogP contribution in [0.5, 0.6) is 11.5 Å². The molecule has 1 atom stereocenters. The van der Waals surface area contributed by atoms with Gasteiger partial charge in [0, 0.05) is 21.6 Å². The van der Waals surface area contributed by atoms with Crippen LogP contribution >= 0.6 is 27.3 Å². The van der Waals surface area contributed by atoms with Gasteiger partial charge in [0.15, 0.2) is 22.1 Å². The molecule has 0 spiro atoms. The molecule has 0 radical (unpaired) electrons. The molecule has 1 aliphatic rings. The quantitative estimate of drug-likeness (QED) is 0.402. The summed E-state index contributed by atoms with van der Waals surface area (Å²) in [7, 11) is 3.06. The second-order valence-electron chi connectivity index (χ2n) is 6.79. The van der Waals surface area contributed by atoms with Crippen LogP contribution in [0.1, 0.15) is 27.7 Å². The molecule has 156 valence electrons. The molecular weight excluding hydrogens is 484 g/mol. The Bertz CT molecular complexity index is 1380. The van der Waals surface area contributed by atoms with Gasteiger partial charge in [-0.05, 0) is 24.3 Å². The lowest BCUT2D eigenvalue weighted by Gasteiger charge is -2.24. The van der Waals surface area contributed by atoms with Gasteiger partial charge >= 0.3 is 0 Å². The fourth-order valence-corrected chi connectivity index (χ4v) is 4.93. The van der Waals surface area contributed by atoms with E-state index in [1.54, 1.807) is 48.0 Å². The average molecular weight is 499 g/mol. The van der Waals surface area contributed by atoms with Crippen LogP contribution in [0.15, 0.2) is 61.7 Å². The van der Waals surface area contributed by atoms with Gasteiger partial charge in [0.05, 0.1) is 25.2 Å². The number of nitrogens with zero attached hydrogens (tertiary/aromatic N) is 2. The zero-order valence-corrected chi connectivity index (χ0v) is 18.8. The molecule has 9 heteroatoms. The van der Waals surface area contributed by atoms with E-state index in [0.29, 0.717) is 33.2 Å². The van der Waals surface area contributed by atoms with Crippen molar-refractivity contribution in [2.75, 3.05) is 19.1 Å². The smallest absolute Gasteiger partial charge is 0.297 e. The lowest BCUT2D eigenvalue weighted by Crippen LogP contribution is -2.29. The van der Waals surface area contributed by atoms with Crippen LogP contribution in [0.4, 0.5) is 5.13 Å². The van der Waals surface area contributed by atoms with Gasteiger partial charge < -0.3 is 13.9 Å². The molecule has 0 aliphatic carbocycles. The van der Waals surface area contributed by atoms with Crippen molar-refractivity contribution in [2.24, 2.45) is 0 Å². The Labute approximate surface area is 189 Å². The Hall–Kier alpha value is -3.17. The highest BCUT2D eigenvalue weighted by Crippen LogP contribution is 2.46. The first kappa shape index (κ1) is 19.8. The van der Waals surface area contributed by atoms with Crippen molar-refractivity contribution in [1.29, 1.82) is 0 Å². The summed E-state index contributed by atoms with van der Waals surface area (Å²) in [6, 6.07) is 9.70. The molecule has 2 aromatic carbocycles. The molecule has 3 heterocycles. The first-order valence-corrected chi connectivity index (χ1v) is 10.9. The topological polar surface area (TPSA) is 81.9 Å². The largest absolute Gasteiger partial charge is 0.493 e. The number of hydrogen-bond donors (Lipinski definition) is 0. The number of carbonyl (C=O) groups is 1. The van der Waals surface area contributed by atoms with E-state index in [4.69, 9.17) is 13.9 Å². The van der Waals surface area contributed by atoms with E-state index < -0.39 is 11.9 Å². The highest BCUT2D eigenvalue weighted by molar-refractivity contribution is 9.10. The molecular formula is C22H15BrN2O5S. The van der Waals surface area contributed by atoms with Crippen LogP contribution in [-0.2, 0) is 0 Å². The number of carbonyl (C=O) groups excluding carboxylic acids is 1. The van der Waals surface area contributed by atoms with Gasteiger partial charge in [-0.25, -0.2) is 4.98 Å². The predicted octanol–water partition coefficient (Wildman–Crippen LogP) is 4.78. The maximum absolute atomic E-state index is 13.6. The summed E-state index contributed by atoms with van der Waals surface area (Å²) in [5.41, 5.74) is 0.917. The molecule has 31 heavy (non-hydrogen) atoms. The van der Waals surface area contributed by atoms with Crippen LogP contribution in [-0.4, -0.2) is 25.1 Å². The predicted molar refractivity (Wildman–Crippen MR) is 120 cm³/mol. The van der Waals surface area contributed by atoms with Crippen molar-refractivity contribution >= 4 is 49.3 Å². The van der Waals surface area contributed by atoms with Gasteiger partial charge in [0.2, 0.25) is 5.76 Å². The van der Waals surface area contributed by atoms with Crippen LogP contribution in [0.25, 0.3) is 11.0 Å². The number of thiazole rings is 1. The molecule has 1 unspecified atom stereocenters. The third-order valence-corrected chi connectivity index (χ3v) is 6.45. The Morgan fingerprint density at radius 1 is 1.16 bits per heavy atom. The van der Waals surface area contributed by atoms with Crippen molar-refractivity contribution in [3.8, 4) is 11.5 Å². The molecule has 0 fully saturated rings. The van der Waals surface area contributed by atoms with Gasteiger partial charge in [-0.2, -0.15) is 0 Å². The molecule has 0 bridgehead atoms. The molecule has 5 rings (SSSR count). The highest BCUT2D eigenvalue weighted by atomic mass is 79.9. The van der Waals surface area contributed by atoms with E-state index in [2.05, 4.69) is 20.9 Å². The first-order chi connectivity index (χ1) is 15.0. The van der Waals surface area contributed by atoms with Gasteiger partial charge in [-0.1, -0.05) is 28.1 Å². The lowest BCUT2D eigenvalue weighted by atomic mass is 9.97. The molecule has 2 aromatic heterocycles. The van der Waals surface area contributed by atoms with Crippen molar-refractivity contribution in [2.45, 2.75) is 6.04 Å². The van der Waals surface area contributed by atoms with Gasteiger partial charge in [-0.15, -0.1) is 11.3 Å². The van der Waals surface area contributed by atoms with E-state index in [1.165, 1.54) is 30.5 Å². The van der Waals surface area contributed by atoms with Gasteiger partial charge in [0.25, 0.3) is 5.91 Å². The fraction of sp³-hybridized carbons (Fsp3) is 0.136. The molecule has 0 saturated heterocycles. The van der Waals surface area contributed by atoms with Crippen LogP contribution in [0.3, 0.4) is 0 Å². The van der Waals surface area contributed by atoms with Crippen molar-refractivity contribution in [3.05, 3.63) is 79.6 Å². The Morgan fingerprint density at radius 2 is 2.00 bits per heavy atom. The third kappa shape index (κ3) is 2.95. The standard InChI is InChI=1S/C22H15BrN2O5S/c1-28-15-5-3-4-12(19(15)29-2)17-16-18(26)13-10-11(23)6-7-14(13)30-20(16)21(27)25(17)22-24-8-9-31-22/h3-10,17H,1-2H3. The third-order valence-electron chi connectivity index (χ3n) is 5.19. The summed E-state index contributed by atoms with van der Waals surface area (Å²) in [6.07, 6.45) is 1.61. The average Bonchev–Trinajstić information content (AvgIpc) is 3.40. The number of amides is 1. The van der Waals surface area contributed by atoms with Crippen molar-refractivity contribution < 1.29 is 18.7 Å². The van der Waals surface area contributed by atoms with E-state index in [1.807, 2.05) is 0 Å². The number of anilines is 1. The summed E-state index contributed by atoms with van der Waals surface area (Å²) >= 11 is 4.70. The van der Waals surface area contributed by atoms with E-state index in [-0.39, 0.29) is 16.8 Å². The fourth-order valence-electron chi connectivity index (χ4n) is 3.90. The summed E-state index contributed by atoms with van der Waals surface area (Å²) in [6.45, 7) is 0. The Morgan fingerprint density at radius 3 is 2.71 bits per heavy atom. The molecule has 0 N–H and O–H groups in total. The number of fused-ring (bicyclic) bond motifs is 2. The monoisotopic (exact) mass is 498 g/mol. The van der Waals surface area contributed by atoms with E-state index >= 15 is 0 Å². The number of aromatic nitrogens is 1. The van der Waals surface area contributed by atoms with Gasteiger partial charge in [-0.3, -0.25) is 14.5 Å². The number of hydrogen-bond acceptors (Lipinski definition) is 7. The zero-order chi connectivity index (χ0) is 21.7. The van der Waals surface area contributed by atoms with Crippen LogP contribution in [0, 0.1) is 0 Å². The van der Waals surface area contributed by atoms with E-state index in [9.17, 15) is 9.59 Å². The maximum Gasteiger partial charge on any atom is 0.297 e. The van der Waals surface area contributed by atoms with E-state index in [0.717, 1.165) is 4.47 Å². The van der Waals surface area contributed by atoms with Crippen molar-refractivity contribution in [1.82, 2.24) is 4.98 Å². The number of methoxy groups -OCH3 is 2. The number of para-hydroxylation sites is 1. The Kier molecular flexibility index (Phi) is 4.79. The summed E-state index contributed by atoms with van der Waals surface area (Å²) in [5, 5.41) is 2.61. The number of benzene rings is 2. The minimum atomic E-state index is -0.779. The van der Waals surface area contributed by atoms with Gasteiger partial charge in [0.1, 0.15) is 11.6 Å². The molecule has 1 aliphatic heterocycles. The molecule has 1 amide bonds. The first-order valence-electron chi connectivity index (χ1n) is 9.25. The lowest BCUT2D eigenvalue weighted by molar-refractivity contribution is 0.0970.